The van der Waals surface area contributed by atoms with Crippen molar-refractivity contribution in [1.82, 2.24) is 0 Å². The van der Waals surface area contributed by atoms with Crippen molar-refractivity contribution >= 4 is 17.7 Å². The highest BCUT2D eigenvalue weighted by atomic mass is 32.2. The maximum absolute atomic E-state index is 13.5. The number of hydrogen-bond donors (Lipinski definition) is 1. The van der Waals surface area contributed by atoms with Gasteiger partial charge in [-0.15, -0.1) is 11.8 Å². The molecule has 1 aromatic carbocycles. The van der Waals surface area contributed by atoms with Gasteiger partial charge in [0.15, 0.2) is 0 Å². The number of aliphatic carboxylic acids is 1. The Morgan fingerprint density at radius 2 is 1.88 bits per heavy atom. The number of hydrogen-bond acceptors (Lipinski definition) is 2. The van der Waals surface area contributed by atoms with Crippen molar-refractivity contribution in [3.8, 4) is 0 Å². The van der Waals surface area contributed by atoms with Crippen LogP contribution in [0.4, 0.5) is 8.78 Å². The van der Waals surface area contributed by atoms with E-state index in [2.05, 4.69) is 0 Å². The molecule has 1 N–H and O–H groups in total. The Bertz CT molecular complexity index is 432. The fourth-order valence-electron chi connectivity index (χ4n) is 1.78. The Kier molecular flexibility index (Phi) is 2.66. The first kappa shape index (κ1) is 11.4. The van der Waals surface area contributed by atoms with Gasteiger partial charge >= 0.3 is 5.97 Å². The number of halogens is 2. The molecule has 0 unspecified atom stereocenters. The topological polar surface area (TPSA) is 37.3 Å². The highest BCUT2D eigenvalue weighted by Gasteiger charge is 2.52. The fraction of sp³-hybridized carbons (Fsp3) is 0.364. The van der Waals surface area contributed by atoms with Gasteiger partial charge < -0.3 is 5.11 Å². The van der Waals surface area contributed by atoms with E-state index in [1.807, 2.05) is 0 Å². The molecule has 0 spiro atoms. The molecule has 86 valence electrons. The number of rotatable bonds is 3. The minimum atomic E-state index is -1.06. The Labute approximate surface area is 95.7 Å². The summed E-state index contributed by atoms with van der Waals surface area (Å²) in [6.07, 6.45) is 2.46. The summed E-state index contributed by atoms with van der Waals surface area (Å²) in [5.74, 6) is -2.38. The monoisotopic (exact) mass is 244 g/mol. The van der Waals surface area contributed by atoms with Crippen LogP contribution in [0, 0.1) is 11.6 Å². The van der Waals surface area contributed by atoms with Crippen molar-refractivity contribution in [3.63, 3.8) is 0 Å². The second kappa shape index (κ2) is 3.73. The molecule has 0 radical (unpaired) electrons. The molecule has 1 fully saturated rings. The Morgan fingerprint density at radius 3 is 2.19 bits per heavy atom. The van der Waals surface area contributed by atoms with E-state index in [9.17, 15) is 13.6 Å². The second-order valence-electron chi connectivity index (χ2n) is 3.86. The number of thioether (sulfide) groups is 1. The summed E-state index contributed by atoms with van der Waals surface area (Å²) < 4.78 is 27.0. The van der Waals surface area contributed by atoms with Crippen molar-refractivity contribution in [2.75, 3.05) is 6.26 Å². The van der Waals surface area contributed by atoms with Gasteiger partial charge in [0.2, 0.25) is 0 Å². The summed E-state index contributed by atoms with van der Waals surface area (Å²) in [4.78, 5) is 10.9. The third-order valence-electron chi connectivity index (χ3n) is 2.91. The Hall–Kier alpha value is -1.10. The normalized spacial score (nSPS) is 17.2. The third kappa shape index (κ3) is 1.59. The lowest BCUT2D eigenvalue weighted by Crippen LogP contribution is -2.20. The summed E-state index contributed by atoms with van der Waals surface area (Å²) in [7, 11) is 0. The molecule has 2 nitrogen and oxygen atoms in total. The average molecular weight is 244 g/mol. The van der Waals surface area contributed by atoms with Gasteiger partial charge in [0.1, 0.15) is 11.6 Å². The van der Waals surface area contributed by atoms with Crippen LogP contribution in [0.15, 0.2) is 17.0 Å². The molecule has 1 saturated carbocycles. The smallest absolute Gasteiger partial charge is 0.314 e. The van der Waals surface area contributed by atoms with E-state index in [-0.39, 0.29) is 10.5 Å². The number of benzene rings is 1. The highest BCUT2D eigenvalue weighted by Crippen LogP contribution is 2.49. The summed E-state index contributed by atoms with van der Waals surface area (Å²) in [6, 6.07) is 2.27. The van der Waals surface area contributed by atoms with Crippen LogP contribution in [0.2, 0.25) is 0 Å². The zero-order chi connectivity index (χ0) is 11.9. The quantitative estimate of drug-likeness (QED) is 0.831. The minimum absolute atomic E-state index is 0.0649. The lowest BCUT2D eigenvalue weighted by Gasteiger charge is -2.12. The standard InChI is InChI=1S/C11H10F2O2S/c1-16-9-7(12)4-6(5-8(9)13)11(2-3-11)10(14)15/h4-5H,2-3H2,1H3,(H,14,15). The van der Waals surface area contributed by atoms with E-state index in [1.54, 1.807) is 6.26 Å². The zero-order valence-corrected chi connectivity index (χ0v) is 9.41. The van der Waals surface area contributed by atoms with Crippen molar-refractivity contribution < 1.29 is 18.7 Å². The molecule has 1 aliphatic rings. The lowest BCUT2D eigenvalue weighted by molar-refractivity contribution is -0.140. The average Bonchev–Trinajstić information content (AvgIpc) is 2.97. The summed E-state index contributed by atoms with van der Waals surface area (Å²) in [6.45, 7) is 0. The molecule has 5 heteroatoms. The van der Waals surface area contributed by atoms with Gasteiger partial charge in [0, 0.05) is 0 Å². The van der Waals surface area contributed by atoms with E-state index in [0.717, 1.165) is 23.9 Å². The minimum Gasteiger partial charge on any atom is -0.481 e. The molecule has 0 heterocycles. The van der Waals surface area contributed by atoms with Gasteiger partial charge in [0.25, 0.3) is 0 Å². The molecule has 0 aliphatic heterocycles. The van der Waals surface area contributed by atoms with Crippen molar-refractivity contribution in [2.45, 2.75) is 23.2 Å². The molecule has 16 heavy (non-hydrogen) atoms. The van der Waals surface area contributed by atoms with E-state index in [1.165, 1.54) is 0 Å². The maximum atomic E-state index is 13.5. The van der Waals surface area contributed by atoms with Crippen LogP contribution in [-0.4, -0.2) is 17.3 Å². The molecular formula is C11H10F2O2S. The molecule has 1 aliphatic carbocycles. The predicted molar refractivity (Wildman–Crippen MR) is 56.7 cm³/mol. The maximum Gasteiger partial charge on any atom is 0.314 e. The highest BCUT2D eigenvalue weighted by molar-refractivity contribution is 7.98. The first-order valence-corrected chi connectivity index (χ1v) is 6.00. The van der Waals surface area contributed by atoms with Crippen LogP contribution >= 0.6 is 11.8 Å². The van der Waals surface area contributed by atoms with Gasteiger partial charge in [-0.1, -0.05) is 0 Å². The Morgan fingerprint density at radius 1 is 1.38 bits per heavy atom. The van der Waals surface area contributed by atoms with Gasteiger partial charge in [-0.2, -0.15) is 0 Å². The van der Waals surface area contributed by atoms with Crippen LogP contribution in [0.1, 0.15) is 18.4 Å². The molecule has 1 aromatic rings. The fourth-order valence-corrected chi connectivity index (χ4v) is 2.29. The van der Waals surface area contributed by atoms with Crippen LogP contribution < -0.4 is 0 Å². The van der Waals surface area contributed by atoms with Gasteiger partial charge in [-0.3, -0.25) is 4.79 Å². The number of carboxylic acids is 1. The predicted octanol–water partition coefficient (Wildman–Crippen LogP) is 2.80. The van der Waals surface area contributed by atoms with E-state index in [0.29, 0.717) is 12.8 Å². The largest absolute Gasteiger partial charge is 0.481 e. The molecule has 0 saturated heterocycles. The Balaban J connectivity index is 2.49. The first-order valence-electron chi connectivity index (χ1n) is 4.78. The van der Waals surface area contributed by atoms with Crippen molar-refractivity contribution in [2.24, 2.45) is 0 Å². The van der Waals surface area contributed by atoms with E-state index < -0.39 is 23.0 Å². The van der Waals surface area contributed by atoms with E-state index in [4.69, 9.17) is 5.11 Å². The van der Waals surface area contributed by atoms with Gasteiger partial charge in [-0.25, -0.2) is 8.78 Å². The molecule has 0 atom stereocenters. The zero-order valence-electron chi connectivity index (χ0n) is 8.59. The van der Waals surface area contributed by atoms with E-state index >= 15 is 0 Å². The van der Waals surface area contributed by atoms with Crippen molar-refractivity contribution in [1.29, 1.82) is 0 Å². The summed E-state index contributed by atoms with van der Waals surface area (Å²) >= 11 is 0.973. The molecular weight excluding hydrogens is 234 g/mol. The summed E-state index contributed by atoms with van der Waals surface area (Å²) in [5, 5.41) is 9.02. The molecule has 2 rings (SSSR count). The number of carboxylic acid groups (broad SMARTS) is 1. The van der Waals surface area contributed by atoms with Crippen LogP contribution in [-0.2, 0) is 10.2 Å². The molecule has 0 bridgehead atoms. The van der Waals surface area contributed by atoms with Crippen LogP contribution in [0.3, 0.4) is 0 Å². The van der Waals surface area contributed by atoms with Gasteiger partial charge in [0.05, 0.1) is 10.3 Å². The van der Waals surface area contributed by atoms with Gasteiger partial charge in [-0.05, 0) is 36.8 Å². The third-order valence-corrected chi connectivity index (χ3v) is 3.71. The first-order chi connectivity index (χ1) is 7.51. The lowest BCUT2D eigenvalue weighted by atomic mass is 9.96. The van der Waals surface area contributed by atoms with Crippen LogP contribution in [0.25, 0.3) is 0 Å². The SMILES string of the molecule is CSc1c(F)cc(C2(C(=O)O)CC2)cc1F. The second-order valence-corrected chi connectivity index (χ2v) is 4.68. The molecule has 0 aromatic heterocycles. The summed E-state index contributed by atoms with van der Waals surface area (Å²) in [5.41, 5.74) is -0.827. The molecule has 0 amide bonds. The number of carbonyl (C=O) groups is 1. The van der Waals surface area contributed by atoms with Crippen molar-refractivity contribution in [3.05, 3.63) is 29.3 Å². The van der Waals surface area contributed by atoms with Crippen LogP contribution in [0.5, 0.6) is 0 Å².